The molecule has 0 bridgehead atoms. The van der Waals surface area contributed by atoms with Crippen LogP contribution in [0.4, 0.5) is 17.1 Å². The van der Waals surface area contributed by atoms with Crippen molar-refractivity contribution in [2.45, 2.75) is 0 Å². The van der Waals surface area contributed by atoms with Crippen LogP contribution in [0.25, 0.3) is 76.5 Å². The Bertz CT molecular complexity index is 2820. The first kappa shape index (κ1) is 28.4. The molecule has 2 nitrogen and oxygen atoms in total. The molecule has 0 radical (unpaired) electrons. The number of hydrogen-bond donors (Lipinski definition) is 0. The van der Waals surface area contributed by atoms with Crippen molar-refractivity contribution in [3.63, 3.8) is 0 Å². The molecule has 10 aromatic rings. The first-order valence-electron chi connectivity index (χ1n) is 17.1. The summed E-state index contributed by atoms with van der Waals surface area (Å²) in [6.07, 6.45) is 0. The van der Waals surface area contributed by atoms with Crippen LogP contribution in [0.15, 0.2) is 192 Å². The van der Waals surface area contributed by atoms with Crippen LogP contribution in [-0.2, 0) is 0 Å². The van der Waals surface area contributed by atoms with E-state index in [9.17, 15) is 0 Å². The molecule has 50 heavy (non-hydrogen) atoms. The van der Waals surface area contributed by atoms with Gasteiger partial charge in [-0.15, -0.1) is 0 Å². The molecule has 0 aliphatic carbocycles. The van der Waals surface area contributed by atoms with Gasteiger partial charge >= 0.3 is 0 Å². The molecule has 0 aliphatic heterocycles. The quantitative estimate of drug-likeness (QED) is 0.175. The molecule has 0 amide bonds. The number of anilines is 3. The van der Waals surface area contributed by atoms with Gasteiger partial charge < -0.3 is 9.32 Å². The molecule has 0 saturated carbocycles. The maximum atomic E-state index is 6.53. The summed E-state index contributed by atoms with van der Waals surface area (Å²) >= 11 is 0. The van der Waals surface area contributed by atoms with Crippen LogP contribution < -0.4 is 4.90 Å². The second kappa shape index (κ2) is 11.5. The zero-order valence-corrected chi connectivity index (χ0v) is 27.3. The van der Waals surface area contributed by atoms with Gasteiger partial charge in [-0.2, -0.15) is 0 Å². The van der Waals surface area contributed by atoms with Gasteiger partial charge in [0.2, 0.25) is 0 Å². The lowest BCUT2D eigenvalue weighted by atomic mass is 9.93. The normalized spacial score (nSPS) is 11.6. The number of furan rings is 1. The van der Waals surface area contributed by atoms with Crippen LogP contribution in [0.2, 0.25) is 0 Å². The molecule has 0 spiro atoms. The summed E-state index contributed by atoms with van der Waals surface area (Å²) in [6, 6.07) is 67.5. The average molecular weight is 638 g/mol. The Morgan fingerprint density at radius 3 is 1.46 bits per heavy atom. The fraction of sp³-hybridized carbons (Fsp3) is 0. The van der Waals surface area contributed by atoms with E-state index in [1.807, 2.05) is 6.07 Å². The smallest absolute Gasteiger partial charge is 0.137 e. The second-order valence-corrected chi connectivity index (χ2v) is 12.9. The molecule has 9 aromatic carbocycles. The van der Waals surface area contributed by atoms with Gasteiger partial charge in [-0.25, -0.2) is 0 Å². The lowest BCUT2D eigenvalue weighted by Crippen LogP contribution is -2.11. The minimum Gasteiger partial charge on any atom is -0.456 e. The van der Waals surface area contributed by atoms with E-state index in [2.05, 4.69) is 187 Å². The molecule has 10 rings (SSSR count). The van der Waals surface area contributed by atoms with Crippen molar-refractivity contribution in [1.29, 1.82) is 0 Å². The van der Waals surface area contributed by atoms with Gasteiger partial charge in [0.1, 0.15) is 11.2 Å². The van der Waals surface area contributed by atoms with Gasteiger partial charge in [-0.05, 0) is 85.4 Å². The largest absolute Gasteiger partial charge is 0.456 e. The van der Waals surface area contributed by atoms with Gasteiger partial charge in [0.25, 0.3) is 0 Å². The van der Waals surface area contributed by atoms with Gasteiger partial charge in [-0.3, -0.25) is 0 Å². The molecule has 0 aliphatic rings. The maximum Gasteiger partial charge on any atom is 0.137 e. The van der Waals surface area contributed by atoms with E-state index in [1.54, 1.807) is 0 Å². The molecule has 0 fully saturated rings. The van der Waals surface area contributed by atoms with Crippen LogP contribution in [0.1, 0.15) is 0 Å². The minimum absolute atomic E-state index is 0.865. The highest BCUT2D eigenvalue weighted by atomic mass is 16.3. The minimum atomic E-state index is 0.865. The van der Waals surface area contributed by atoms with E-state index < -0.39 is 0 Å². The van der Waals surface area contributed by atoms with E-state index in [0.29, 0.717) is 0 Å². The van der Waals surface area contributed by atoms with Crippen LogP contribution in [0.5, 0.6) is 0 Å². The lowest BCUT2D eigenvalue weighted by molar-refractivity contribution is 0.669. The Hall–Kier alpha value is -6.64. The zero-order chi connectivity index (χ0) is 33.0. The highest BCUT2D eigenvalue weighted by molar-refractivity contribution is 6.26. The van der Waals surface area contributed by atoms with Crippen molar-refractivity contribution in [3.05, 3.63) is 188 Å². The zero-order valence-electron chi connectivity index (χ0n) is 27.3. The summed E-state index contributed by atoms with van der Waals surface area (Å²) in [4.78, 5) is 2.40. The van der Waals surface area contributed by atoms with Gasteiger partial charge in [-0.1, -0.05) is 146 Å². The lowest BCUT2D eigenvalue weighted by Gasteiger charge is -2.29. The third-order valence-corrected chi connectivity index (χ3v) is 10.0. The molecular formula is C48H31NO. The third kappa shape index (κ3) is 4.57. The van der Waals surface area contributed by atoms with Crippen molar-refractivity contribution >= 4 is 71.3 Å². The number of rotatable bonds is 5. The van der Waals surface area contributed by atoms with E-state index >= 15 is 0 Å². The summed E-state index contributed by atoms with van der Waals surface area (Å²) in [5, 5.41) is 9.76. The number of fused-ring (bicyclic) bond motifs is 9. The number of hydrogen-bond acceptors (Lipinski definition) is 2. The van der Waals surface area contributed by atoms with E-state index in [4.69, 9.17) is 4.42 Å². The fourth-order valence-electron chi connectivity index (χ4n) is 7.69. The molecule has 1 aromatic heterocycles. The fourth-order valence-corrected chi connectivity index (χ4v) is 7.69. The standard InChI is InChI=1S/C48H31NO/c1-3-13-32(14-4-1)33-23-25-35(26-24-33)49(36-27-28-41-39-19-8-7-17-37(39)38-18-9-10-20-40(38)44(41)29-36)46-31-48-45(42-21-11-12-22-47(42)50-48)30-43(46)34-15-5-2-6-16-34/h1-31H. The molecule has 0 saturated heterocycles. The summed E-state index contributed by atoms with van der Waals surface area (Å²) in [7, 11) is 0. The van der Waals surface area contributed by atoms with Crippen molar-refractivity contribution in [3.8, 4) is 22.3 Å². The first-order chi connectivity index (χ1) is 24.8. The van der Waals surface area contributed by atoms with Crippen molar-refractivity contribution < 1.29 is 4.42 Å². The number of nitrogens with zero attached hydrogens (tertiary/aromatic N) is 1. The predicted molar refractivity (Wildman–Crippen MR) is 212 cm³/mol. The van der Waals surface area contributed by atoms with Crippen LogP contribution >= 0.6 is 0 Å². The Morgan fingerprint density at radius 1 is 0.300 bits per heavy atom. The van der Waals surface area contributed by atoms with Crippen molar-refractivity contribution in [1.82, 2.24) is 0 Å². The van der Waals surface area contributed by atoms with E-state index in [1.165, 1.54) is 43.4 Å². The highest BCUT2D eigenvalue weighted by Crippen LogP contribution is 2.46. The maximum absolute atomic E-state index is 6.53. The molecular weight excluding hydrogens is 607 g/mol. The highest BCUT2D eigenvalue weighted by Gasteiger charge is 2.22. The molecule has 0 N–H and O–H groups in total. The number of benzene rings is 9. The summed E-state index contributed by atoms with van der Waals surface area (Å²) in [5.74, 6) is 0. The SMILES string of the molecule is c1ccc(-c2ccc(N(c3ccc4c5ccccc5c5ccccc5c4c3)c3cc4oc5ccccc5c4cc3-c3ccccc3)cc2)cc1. The molecule has 1 heterocycles. The molecule has 0 atom stereocenters. The Balaban J connectivity index is 1.27. The Morgan fingerprint density at radius 2 is 0.800 bits per heavy atom. The van der Waals surface area contributed by atoms with Gasteiger partial charge in [0.15, 0.2) is 0 Å². The predicted octanol–water partition coefficient (Wildman–Crippen LogP) is 13.8. The van der Waals surface area contributed by atoms with Gasteiger partial charge in [0, 0.05) is 33.8 Å². The van der Waals surface area contributed by atoms with Crippen molar-refractivity contribution in [2.75, 3.05) is 4.90 Å². The molecule has 2 heteroatoms. The monoisotopic (exact) mass is 637 g/mol. The summed E-state index contributed by atoms with van der Waals surface area (Å²) in [5.41, 5.74) is 9.63. The average Bonchev–Trinajstić information content (AvgIpc) is 3.56. The summed E-state index contributed by atoms with van der Waals surface area (Å²) in [6.45, 7) is 0. The van der Waals surface area contributed by atoms with Gasteiger partial charge in [0.05, 0.1) is 5.69 Å². The molecule has 0 unspecified atom stereocenters. The van der Waals surface area contributed by atoms with Crippen LogP contribution in [0, 0.1) is 0 Å². The first-order valence-corrected chi connectivity index (χ1v) is 17.1. The third-order valence-electron chi connectivity index (χ3n) is 10.0. The van der Waals surface area contributed by atoms with Crippen LogP contribution in [-0.4, -0.2) is 0 Å². The second-order valence-electron chi connectivity index (χ2n) is 12.9. The van der Waals surface area contributed by atoms with Crippen molar-refractivity contribution in [2.24, 2.45) is 0 Å². The Kier molecular flexibility index (Phi) is 6.53. The van der Waals surface area contributed by atoms with Crippen LogP contribution in [0.3, 0.4) is 0 Å². The number of para-hydroxylation sites is 1. The molecule has 234 valence electrons. The Labute approximate surface area is 290 Å². The van der Waals surface area contributed by atoms with E-state index in [0.717, 1.165) is 50.1 Å². The summed E-state index contributed by atoms with van der Waals surface area (Å²) < 4.78 is 6.53. The van der Waals surface area contributed by atoms with E-state index in [-0.39, 0.29) is 0 Å². The topological polar surface area (TPSA) is 16.4 Å².